The number of carboxylic acids is 1. The summed E-state index contributed by atoms with van der Waals surface area (Å²) in [5, 5.41) is 8.83. The van der Waals surface area contributed by atoms with Gasteiger partial charge in [0.15, 0.2) is 36.3 Å². The minimum absolute atomic E-state index is 0.0400. The third-order valence-electron chi connectivity index (χ3n) is 10.7. The number of carbonyl (C=O) groups is 2. The zero-order valence-electron chi connectivity index (χ0n) is 37.5. The molecule has 0 aliphatic heterocycles. The quantitative estimate of drug-likeness (QED) is 0.0801. The Morgan fingerprint density at radius 3 is 1.43 bits per heavy atom. The summed E-state index contributed by atoms with van der Waals surface area (Å²) in [5.74, 6) is -1.93. The lowest BCUT2D eigenvalue weighted by Gasteiger charge is -2.07. The number of H-pyrrole nitrogens is 2. The first-order valence-electron chi connectivity index (χ1n) is 21.7. The second-order valence-corrected chi connectivity index (χ2v) is 16.0. The van der Waals surface area contributed by atoms with Crippen LogP contribution in [0, 0.1) is 25.5 Å². The zero-order chi connectivity index (χ0) is 48.7. The number of nitrogens with two attached hydrogens (primary N) is 1. The Labute approximate surface area is 397 Å². The number of benzene rings is 4. The molecule has 0 radical (unpaired) electrons. The highest BCUT2D eigenvalue weighted by Gasteiger charge is 2.20. The molecule has 0 bridgehead atoms. The van der Waals surface area contributed by atoms with Crippen LogP contribution in [-0.4, -0.2) is 80.0 Å². The third-order valence-corrected chi connectivity index (χ3v) is 10.7. The van der Waals surface area contributed by atoms with E-state index in [1.807, 2.05) is 86.6 Å². The summed E-state index contributed by atoms with van der Waals surface area (Å²) in [7, 11) is 0. The molecule has 70 heavy (non-hydrogen) atoms. The second-order valence-electron chi connectivity index (χ2n) is 16.0. The molecule has 0 aliphatic carbocycles. The van der Waals surface area contributed by atoms with Gasteiger partial charge >= 0.3 is 5.97 Å². The maximum atomic E-state index is 14.1. The molecular formula is C52H41F2N11O5. The Kier molecular flexibility index (Phi) is 13.3. The molecule has 4 aromatic carbocycles. The fourth-order valence-electron chi connectivity index (χ4n) is 7.60. The molecule has 348 valence electrons. The number of carbonyl (C=O) groups excluding carboxylic acids is 1. The van der Waals surface area contributed by atoms with Gasteiger partial charge in [-0.2, -0.15) is 0 Å². The predicted octanol–water partition coefficient (Wildman–Crippen LogP) is 8.57. The summed E-state index contributed by atoms with van der Waals surface area (Å²) < 4.78 is 38.5. The number of primary amides is 1. The number of aryl methyl sites for hydroxylation is 2. The number of hydrogen-bond donors (Lipinski definition) is 4. The first-order chi connectivity index (χ1) is 33.9. The number of imidazole rings is 2. The van der Waals surface area contributed by atoms with Crippen molar-refractivity contribution < 1.29 is 33.0 Å². The topological polar surface area (TPSA) is 234 Å². The van der Waals surface area contributed by atoms with Crippen molar-refractivity contribution in [3.05, 3.63) is 180 Å². The molecule has 0 fully saturated rings. The van der Waals surface area contributed by atoms with Crippen LogP contribution < -0.4 is 15.2 Å². The largest absolute Gasteiger partial charge is 0.481 e. The van der Waals surface area contributed by atoms with Gasteiger partial charge < -0.3 is 30.3 Å². The monoisotopic (exact) mass is 937 g/mol. The summed E-state index contributed by atoms with van der Waals surface area (Å²) in [6, 6.07) is 31.9. The van der Waals surface area contributed by atoms with Gasteiger partial charge in [-0.15, -0.1) is 0 Å². The van der Waals surface area contributed by atoms with Gasteiger partial charge in [0.05, 0.1) is 56.2 Å². The highest BCUT2D eigenvalue weighted by molar-refractivity contribution is 5.86. The lowest BCUT2D eigenvalue weighted by atomic mass is 10.1. The molecule has 6 aromatic heterocycles. The summed E-state index contributed by atoms with van der Waals surface area (Å²) in [6.07, 6.45) is 7.31. The normalized spacial score (nSPS) is 11.0. The minimum Gasteiger partial charge on any atom is -0.481 e. The molecule has 10 aromatic rings. The summed E-state index contributed by atoms with van der Waals surface area (Å²) >= 11 is 0. The number of aromatic amines is 2. The molecule has 0 aliphatic rings. The Bertz CT molecular complexity index is 3330. The molecule has 0 atom stereocenters. The van der Waals surface area contributed by atoms with E-state index >= 15 is 0 Å². The minimum atomic E-state index is -1.18. The first-order valence-corrected chi connectivity index (χ1v) is 21.7. The molecule has 5 N–H and O–H groups in total. The van der Waals surface area contributed by atoms with Crippen LogP contribution in [0.1, 0.15) is 34.2 Å². The average Bonchev–Trinajstić information content (AvgIpc) is 3.99. The van der Waals surface area contributed by atoms with Crippen LogP contribution in [0.5, 0.6) is 11.5 Å². The van der Waals surface area contributed by atoms with Crippen molar-refractivity contribution in [1.29, 1.82) is 0 Å². The van der Waals surface area contributed by atoms with Gasteiger partial charge in [-0.1, -0.05) is 36.4 Å². The van der Waals surface area contributed by atoms with Crippen LogP contribution >= 0.6 is 0 Å². The second kappa shape index (κ2) is 20.3. The number of pyridine rings is 2. The number of rotatable bonds is 14. The standard InChI is InChI=1S/C26H21FN6O2.C26H20FN5O3/c1-15-3-2-4-20(31-15)26-25(17-6-8-19-21(13-17)30-10-9-29-19)32-24(33-26)12-16-5-7-18(27)22(11-16)35-14-23(28)34;1-15-3-2-4-20(30-15)26-25(17-6-8-19-21(13-17)29-10-9-28-19)31-23(32-26)12-16-5-7-18(27)22(11-16)35-14-24(33)34/h2-11,13H,12,14H2,1H3,(H2,28,34)(H,32,33);2-11,13H,12,14H2,1H3,(H,31,32)(H,33,34). The van der Waals surface area contributed by atoms with Crippen molar-refractivity contribution in [1.82, 2.24) is 49.8 Å². The predicted molar refractivity (Wildman–Crippen MR) is 256 cm³/mol. The van der Waals surface area contributed by atoms with Crippen molar-refractivity contribution in [3.8, 4) is 56.8 Å². The maximum Gasteiger partial charge on any atom is 0.341 e. The number of aromatic nitrogens is 10. The van der Waals surface area contributed by atoms with Gasteiger partial charge in [0.1, 0.15) is 11.6 Å². The molecule has 0 spiro atoms. The SMILES string of the molecule is Cc1cccc(-c2[nH]c(Cc3ccc(F)c(OCC(=O)O)c3)nc2-c2ccc3nccnc3c2)n1.Cc1cccc(-c2[nH]c(Cc3ccc(F)c(OCC(N)=O)c3)nc2-c2ccc3nccnc3c2)n1. The van der Waals surface area contributed by atoms with E-state index in [0.29, 0.717) is 35.7 Å². The Morgan fingerprint density at radius 1 is 0.557 bits per heavy atom. The van der Waals surface area contributed by atoms with Crippen LogP contribution in [0.2, 0.25) is 0 Å². The van der Waals surface area contributed by atoms with E-state index in [4.69, 9.17) is 30.3 Å². The molecule has 6 heterocycles. The molecule has 10 rings (SSSR count). The Hall–Kier alpha value is -9.32. The number of nitrogens with one attached hydrogen (secondary N) is 2. The van der Waals surface area contributed by atoms with Crippen molar-refractivity contribution >= 4 is 33.9 Å². The number of carboxylic acid groups (broad SMARTS) is 1. The van der Waals surface area contributed by atoms with Crippen LogP contribution in [0.15, 0.2) is 134 Å². The van der Waals surface area contributed by atoms with E-state index in [1.165, 1.54) is 24.3 Å². The lowest BCUT2D eigenvalue weighted by Crippen LogP contribution is -2.20. The molecule has 0 unspecified atom stereocenters. The van der Waals surface area contributed by atoms with E-state index < -0.39 is 36.7 Å². The van der Waals surface area contributed by atoms with E-state index in [-0.39, 0.29) is 11.5 Å². The number of aliphatic carboxylic acids is 1. The van der Waals surface area contributed by atoms with Gasteiger partial charge in [0.25, 0.3) is 5.91 Å². The van der Waals surface area contributed by atoms with Crippen molar-refractivity contribution in [2.45, 2.75) is 26.7 Å². The summed E-state index contributed by atoms with van der Waals surface area (Å²) in [6.45, 7) is 2.82. The smallest absolute Gasteiger partial charge is 0.341 e. The van der Waals surface area contributed by atoms with E-state index in [2.05, 4.69) is 39.9 Å². The summed E-state index contributed by atoms with van der Waals surface area (Å²) in [4.78, 5) is 65.1. The van der Waals surface area contributed by atoms with Gasteiger partial charge in [-0.05, 0) is 97.8 Å². The fraction of sp³-hybridized carbons (Fsp3) is 0.115. The maximum absolute atomic E-state index is 14.1. The number of fused-ring (bicyclic) bond motifs is 2. The highest BCUT2D eigenvalue weighted by atomic mass is 19.1. The highest BCUT2D eigenvalue weighted by Crippen LogP contribution is 2.34. The average molecular weight is 938 g/mol. The van der Waals surface area contributed by atoms with Crippen LogP contribution in [0.4, 0.5) is 8.78 Å². The van der Waals surface area contributed by atoms with Crippen LogP contribution in [0.3, 0.4) is 0 Å². The van der Waals surface area contributed by atoms with Crippen molar-refractivity contribution in [2.24, 2.45) is 5.73 Å². The first kappa shape index (κ1) is 45.8. The van der Waals surface area contributed by atoms with Crippen molar-refractivity contribution in [2.75, 3.05) is 13.2 Å². The van der Waals surface area contributed by atoms with Gasteiger partial charge in [0.2, 0.25) is 0 Å². The number of hydrogen-bond acceptors (Lipinski definition) is 12. The number of amides is 1. The third kappa shape index (κ3) is 10.8. The number of halogens is 2. The van der Waals surface area contributed by atoms with Crippen LogP contribution in [0.25, 0.3) is 67.4 Å². The van der Waals surface area contributed by atoms with Gasteiger partial charge in [0, 0.05) is 60.1 Å². The Balaban J connectivity index is 0.000000174. The summed E-state index contributed by atoms with van der Waals surface area (Å²) in [5.41, 5.74) is 17.5. The molecule has 18 heteroatoms. The Morgan fingerprint density at radius 2 is 1.00 bits per heavy atom. The van der Waals surface area contributed by atoms with Gasteiger partial charge in [-0.25, -0.2) is 23.5 Å². The van der Waals surface area contributed by atoms with E-state index in [0.717, 1.165) is 78.6 Å². The number of ether oxygens (including phenoxy) is 2. The fourth-order valence-corrected chi connectivity index (χ4v) is 7.60. The molecule has 16 nitrogen and oxygen atoms in total. The number of nitrogens with zero attached hydrogens (tertiary/aromatic N) is 8. The molecule has 1 amide bonds. The van der Waals surface area contributed by atoms with Gasteiger partial charge in [-0.3, -0.25) is 34.7 Å². The van der Waals surface area contributed by atoms with E-state index in [9.17, 15) is 18.4 Å². The lowest BCUT2D eigenvalue weighted by molar-refractivity contribution is -0.139. The molecule has 0 saturated heterocycles. The molecule has 0 saturated carbocycles. The van der Waals surface area contributed by atoms with Crippen molar-refractivity contribution in [3.63, 3.8) is 0 Å². The molecular weight excluding hydrogens is 897 g/mol. The van der Waals surface area contributed by atoms with E-state index in [1.54, 1.807) is 36.9 Å². The zero-order valence-corrected chi connectivity index (χ0v) is 37.5. The van der Waals surface area contributed by atoms with Crippen LogP contribution in [-0.2, 0) is 22.4 Å².